The molecule has 1 amide bonds. The standard InChI is InChI=1S/C24H29N3O3S/c1-5-29-19-8-7-18(15-20(19)30-6-2)23(28)26-9-11-27(12-10-26)24-25-22-17(4)13-16(3)14-21(22)31-24/h7-8,13-15H,5-6,9-12H2,1-4H3. The molecule has 2 aromatic carbocycles. The van der Waals surface area contributed by atoms with Crippen molar-refractivity contribution in [3.63, 3.8) is 0 Å². The van der Waals surface area contributed by atoms with Crippen LogP contribution in [-0.2, 0) is 0 Å². The summed E-state index contributed by atoms with van der Waals surface area (Å²) in [4.78, 5) is 22.2. The fraction of sp³-hybridized carbons (Fsp3) is 0.417. The second-order valence-corrected chi connectivity index (χ2v) is 8.74. The van der Waals surface area contributed by atoms with E-state index in [-0.39, 0.29) is 5.91 Å². The molecule has 164 valence electrons. The number of thiazole rings is 1. The second-order valence-electron chi connectivity index (χ2n) is 7.73. The summed E-state index contributed by atoms with van der Waals surface area (Å²) in [6.45, 7) is 12.1. The van der Waals surface area contributed by atoms with Crippen LogP contribution in [0.5, 0.6) is 11.5 Å². The SMILES string of the molecule is CCOc1ccc(C(=O)N2CCN(c3nc4c(C)cc(C)cc4s3)CC2)cc1OCC. The van der Waals surface area contributed by atoms with Gasteiger partial charge < -0.3 is 19.3 Å². The second kappa shape index (κ2) is 9.14. The van der Waals surface area contributed by atoms with Gasteiger partial charge in [-0.05, 0) is 63.1 Å². The molecule has 0 bridgehead atoms. The van der Waals surface area contributed by atoms with Gasteiger partial charge in [0.1, 0.15) is 0 Å². The monoisotopic (exact) mass is 439 g/mol. The first-order chi connectivity index (χ1) is 15.0. The number of rotatable bonds is 6. The van der Waals surface area contributed by atoms with Crippen LogP contribution in [0.4, 0.5) is 5.13 Å². The molecule has 2 heterocycles. The van der Waals surface area contributed by atoms with Crippen molar-refractivity contribution in [1.82, 2.24) is 9.88 Å². The van der Waals surface area contributed by atoms with E-state index in [9.17, 15) is 4.79 Å². The summed E-state index contributed by atoms with van der Waals surface area (Å²) in [5.74, 6) is 1.32. The van der Waals surface area contributed by atoms with Crippen molar-refractivity contribution in [2.75, 3.05) is 44.3 Å². The summed E-state index contributed by atoms with van der Waals surface area (Å²) in [5, 5.41) is 1.04. The van der Waals surface area contributed by atoms with Crippen molar-refractivity contribution in [1.29, 1.82) is 0 Å². The van der Waals surface area contributed by atoms with Gasteiger partial charge in [0.2, 0.25) is 0 Å². The number of piperazine rings is 1. The molecule has 1 fully saturated rings. The average molecular weight is 440 g/mol. The van der Waals surface area contributed by atoms with Gasteiger partial charge in [-0.1, -0.05) is 17.4 Å². The van der Waals surface area contributed by atoms with Crippen molar-refractivity contribution in [3.05, 3.63) is 47.0 Å². The molecule has 6 nitrogen and oxygen atoms in total. The van der Waals surface area contributed by atoms with Gasteiger partial charge in [-0.3, -0.25) is 4.79 Å². The lowest BCUT2D eigenvalue weighted by molar-refractivity contribution is 0.0746. The summed E-state index contributed by atoms with van der Waals surface area (Å²) < 4.78 is 12.5. The minimum Gasteiger partial charge on any atom is -0.490 e. The largest absolute Gasteiger partial charge is 0.490 e. The number of carbonyl (C=O) groups is 1. The molecule has 1 aromatic heterocycles. The Morgan fingerprint density at radius 3 is 2.42 bits per heavy atom. The predicted molar refractivity (Wildman–Crippen MR) is 126 cm³/mol. The van der Waals surface area contributed by atoms with Crippen molar-refractivity contribution in [2.24, 2.45) is 0 Å². The number of benzene rings is 2. The van der Waals surface area contributed by atoms with E-state index in [2.05, 4.69) is 30.9 Å². The fourth-order valence-electron chi connectivity index (χ4n) is 3.96. The molecule has 0 radical (unpaired) electrons. The number of hydrogen-bond donors (Lipinski definition) is 0. The number of aromatic nitrogens is 1. The van der Waals surface area contributed by atoms with Crippen molar-refractivity contribution >= 4 is 32.6 Å². The predicted octanol–water partition coefficient (Wildman–Crippen LogP) is 4.67. The third kappa shape index (κ3) is 4.46. The van der Waals surface area contributed by atoms with Gasteiger partial charge in [-0.15, -0.1) is 0 Å². The zero-order chi connectivity index (χ0) is 22.0. The highest BCUT2D eigenvalue weighted by molar-refractivity contribution is 7.22. The Hall–Kier alpha value is -2.80. The molecule has 1 aliphatic heterocycles. The molecule has 0 unspecified atom stereocenters. The zero-order valence-electron chi connectivity index (χ0n) is 18.6. The first kappa shape index (κ1) is 21.4. The lowest BCUT2D eigenvalue weighted by Crippen LogP contribution is -2.48. The summed E-state index contributed by atoms with van der Waals surface area (Å²) in [6, 6.07) is 9.81. The first-order valence-corrected chi connectivity index (χ1v) is 11.6. The zero-order valence-corrected chi connectivity index (χ0v) is 19.4. The molecule has 0 saturated carbocycles. The number of aryl methyl sites for hydroxylation is 2. The fourth-order valence-corrected chi connectivity index (χ4v) is 5.16. The normalized spacial score (nSPS) is 14.2. The topological polar surface area (TPSA) is 54.9 Å². The molecule has 7 heteroatoms. The molecular formula is C24H29N3O3S. The number of carbonyl (C=O) groups excluding carboxylic acids is 1. The summed E-state index contributed by atoms with van der Waals surface area (Å²) in [7, 11) is 0. The van der Waals surface area contributed by atoms with E-state index in [1.54, 1.807) is 17.4 Å². The maximum absolute atomic E-state index is 13.1. The Labute approximate surface area is 187 Å². The van der Waals surface area contributed by atoms with E-state index < -0.39 is 0 Å². The molecule has 1 aliphatic rings. The Kier molecular flexibility index (Phi) is 6.32. The maximum atomic E-state index is 13.1. The van der Waals surface area contributed by atoms with Crippen molar-refractivity contribution in [2.45, 2.75) is 27.7 Å². The number of nitrogens with zero attached hydrogens (tertiary/aromatic N) is 3. The molecule has 0 spiro atoms. The number of ether oxygens (including phenoxy) is 2. The molecule has 3 aromatic rings. The lowest BCUT2D eigenvalue weighted by atomic mass is 10.1. The van der Waals surface area contributed by atoms with Gasteiger partial charge >= 0.3 is 0 Å². The minimum atomic E-state index is 0.0272. The van der Waals surface area contributed by atoms with Crippen LogP contribution in [0.25, 0.3) is 10.2 Å². The van der Waals surface area contributed by atoms with Crippen molar-refractivity contribution < 1.29 is 14.3 Å². The van der Waals surface area contributed by atoms with E-state index in [0.29, 0.717) is 43.4 Å². The van der Waals surface area contributed by atoms with Crippen LogP contribution in [0.2, 0.25) is 0 Å². The number of anilines is 1. The van der Waals surface area contributed by atoms with Gasteiger partial charge in [0.25, 0.3) is 5.91 Å². The molecule has 31 heavy (non-hydrogen) atoms. The van der Waals surface area contributed by atoms with Crippen LogP contribution in [0, 0.1) is 13.8 Å². The molecule has 4 rings (SSSR count). The van der Waals surface area contributed by atoms with Crippen LogP contribution < -0.4 is 14.4 Å². The summed E-state index contributed by atoms with van der Waals surface area (Å²) in [6.07, 6.45) is 0. The summed E-state index contributed by atoms with van der Waals surface area (Å²) in [5.41, 5.74) is 4.19. The molecule has 1 saturated heterocycles. The van der Waals surface area contributed by atoms with E-state index >= 15 is 0 Å². The van der Waals surface area contributed by atoms with Crippen molar-refractivity contribution in [3.8, 4) is 11.5 Å². The molecule has 0 N–H and O–H groups in total. The Morgan fingerprint density at radius 2 is 1.71 bits per heavy atom. The smallest absolute Gasteiger partial charge is 0.254 e. The highest BCUT2D eigenvalue weighted by atomic mass is 32.1. The number of amides is 1. The van der Waals surface area contributed by atoms with Crippen LogP contribution in [0.3, 0.4) is 0 Å². The van der Waals surface area contributed by atoms with E-state index in [4.69, 9.17) is 14.5 Å². The minimum absolute atomic E-state index is 0.0272. The van der Waals surface area contributed by atoms with Gasteiger partial charge in [0.15, 0.2) is 16.6 Å². The third-order valence-corrected chi connectivity index (χ3v) is 6.51. The van der Waals surface area contributed by atoms with E-state index in [1.807, 2.05) is 30.9 Å². The average Bonchev–Trinajstić information content (AvgIpc) is 3.19. The van der Waals surface area contributed by atoms with Crippen LogP contribution >= 0.6 is 11.3 Å². The van der Waals surface area contributed by atoms with Crippen LogP contribution in [0.15, 0.2) is 30.3 Å². The Morgan fingerprint density at radius 1 is 1.00 bits per heavy atom. The first-order valence-electron chi connectivity index (χ1n) is 10.8. The van der Waals surface area contributed by atoms with Gasteiger partial charge in [0.05, 0.1) is 23.4 Å². The lowest BCUT2D eigenvalue weighted by Gasteiger charge is -2.34. The highest BCUT2D eigenvalue weighted by Crippen LogP contribution is 2.33. The molecule has 0 atom stereocenters. The molecule has 0 aliphatic carbocycles. The molecular weight excluding hydrogens is 410 g/mol. The van der Waals surface area contributed by atoms with Gasteiger partial charge in [0, 0.05) is 31.7 Å². The Balaban J connectivity index is 1.45. The van der Waals surface area contributed by atoms with Gasteiger partial charge in [-0.2, -0.15) is 0 Å². The van der Waals surface area contributed by atoms with Crippen LogP contribution in [-0.4, -0.2) is 55.2 Å². The number of hydrogen-bond acceptors (Lipinski definition) is 6. The van der Waals surface area contributed by atoms with Crippen LogP contribution in [0.1, 0.15) is 35.3 Å². The number of fused-ring (bicyclic) bond motifs is 1. The maximum Gasteiger partial charge on any atom is 0.254 e. The Bertz CT molecular complexity index is 1090. The van der Waals surface area contributed by atoms with Gasteiger partial charge in [-0.25, -0.2) is 4.98 Å². The van der Waals surface area contributed by atoms with E-state index in [0.717, 1.165) is 23.7 Å². The third-order valence-electron chi connectivity index (χ3n) is 5.45. The van der Waals surface area contributed by atoms with E-state index in [1.165, 1.54) is 15.8 Å². The quantitative estimate of drug-likeness (QED) is 0.559. The highest BCUT2D eigenvalue weighted by Gasteiger charge is 2.25. The summed E-state index contributed by atoms with van der Waals surface area (Å²) >= 11 is 1.73.